The lowest BCUT2D eigenvalue weighted by atomic mass is 9.88. The van der Waals surface area contributed by atoms with Crippen molar-refractivity contribution < 1.29 is 4.79 Å². The minimum atomic E-state index is 0.0698. The van der Waals surface area contributed by atoms with E-state index in [9.17, 15) is 4.79 Å². The van der Waals surface area contributed by atoms with Gasteiger partial charge in [-0.2, -0.15) is 0 Å². The Kier molecular flexibility index (Phi) is 6.13. The Bertz CT molecular complexity index is 252. The molecule has 1 saturated carbocycles. The van der Waals surface area contributed by atoms with Crippen molar-refractivity contribution in [2.45, 2.75) is 71.8 Å². The van der Waals surface area contributed by atoms with Crippen molar-refractivity contribution in [3.05, 3.63) is 0 Å². The third-order valence-electron chi connectivity index (χ3n) is 3.69. The molecule has 3 heteroatoms. The standard InChI is InChI=1S/C15H30N2O/c1-15(2,3)10-13(16)11-17-14(18)9-8-12-6-4-5-7-12/h12-13H,4-11,16H2,1-3H3,(H,17,18). The summed E-state index contributed by atoms with van der Waals surface area (Å²) in [5.41, 5.74) is 6.24. The third kappa shape index (κ3) is 7.00. The zero-order chi connectivity index (χ0) is 13.6. The van der Waals surface area contributed by atoms with Crippen LogP contribution in [0.1, 0.15) is 65.7 Å². The van der Waals surface area contributed by atoms with Gasteiger partial charge >= 0.3 is 0 Å². The first-order chi connectivity index (χ1) is 8.37. The Balaban J connectivity index is 2.08. The summed E-state index contributed by atoms with van der Waals surface area (Å²) in [7, 11) is 0. The summed E-state index contributed by atoms with van der Waals surface area (Å²) in [4.78, 5) is 11.7. The van der Waals surface area contributed by atoms with Crippen molar-refractivity contribution in [3.63, 3.8) is 0 Å². The molecule has 1 amide bonds. The summed E-state index contributed by atoms with van der Waals surface area (Å²) in [6.45, 7) is 7.14. The van der Waals surface area contributed by atoms with E-state index in [-0.39, 0.29) is 17.4 Å². The van der Waals surface area contributed by atoms with Gasteiger partial charge in [0.25, 0.3) is 0 Å². The quantitative estimate of drug-likeness (QED) is 0.766. The van der Waals surface area contributed by atoms with Crippen LogP contribution in [0.15, 0.2) is 0 Å². The summed E-state index contributed by atoms with van der Waals surface area (Å²) in [6, 6.07) is 0.0698. The molecule has 1 atom stereocenters. The molecule has 3 nitrogen and oxygen atoms in total. The fraction of sp³-hybridized carbons (Fsp3) is 0.933. The van der Waals surface area contributed by atoms with Crippen molar-refractivity contribution in [2.24, 2.45) is 17.1 Å². The molecule has 18 heavy (non-hydrogen) atoms. The lowest BCUT2D eigenvalue weighted by Crippen LogP contribution is -2.39. The number of carbonyl (C=O) groups is 1. The Morgan fingerprint density at radius 1 is 1.33 bits per heavy atom. The molecule has 0 aromatic rings. The van der Waals surface area contributed by atoms with Gasteiger partial charge < -0.3 is 11.1 Å². The maximum Gasteiger partial charge on any atom is 0.220 e. The van der Waals surface area contributed by atoms with Gasteiger partial charge in [-0.15, -0.1) is 0 Å². The van der Waals surface area contributed by atoms with Crippen molar-refractivity contribution in [3.8, 4) is 0 Å². The molecule has 0 heterocycles. The summed E-state index contributed by atoms with van der Waals surface area (Å²) in [5.74, 6) is 0.963. The zero-order valence-corrected chi connectivity index (χ0v) is 12.3. The second-order valence-electron chi connectivity index (χ2n) is 7.02. The van der Waals surface area contributed by atoms with E-state index in [1.165, 1.54) is 25.7 Å². The fourth-order valence-corrected chi connectivity index (χ4v) is 2.83. The summed E-state index contributed by atoms with van der Waals surface area (Å²) in [6.07, 6.45) is 8.00. The molecule has 1 fully saturated rings. The molecule has 0 aromatic carbocycles. The molecule has 0 saturated heterocycles. The highest BCUT2D eigenvalue weighted by Crippen LogP contribution is 2.28. The molecular formula is C15H30N2O. The number of hydrogen-bond acceptors (Lipinski definition) is 2. The summed E-state index contributed by atoms with van der Waals surface area (Å²) in [5, 5.41) is 2.97. The molecule has 3 N–H and O–H groups in total. The smallest absolute Gasteiger partial charge is 0.220 e. The third-order valence-corrected chi connectivity index (χ3v) is 3.69. The van der Waals surface area contributed by atoms with Crippen LogP contribution >= 0.6 is 0 Å². The molecule has 106 valence electrons. The van der Waals surface area contributed by atoms with Crippen molar-refractivity contribution >= 4 is 5.91 Å². The van der Waals surface area contributed by atoms with Gasteiger partial charge in [0.05, 0.1) is 0 Å². The molecule has 0 spiro atoms. The number of nitrogens with two attached hydrogens (primary N) is 1. The number of hydrogen-bond donors (Lipinski definition) is 2. The maximum absolute atomic E-state index is 11.7. The van der Waals surface area contributed by atoms with Crippen LogP contribution in [0.5, 0.6) is 0 Å². The van der Waals surface area contributed by atoms with Gasteiger partial charge in [-0.3, -0.25) is 4.79 Å². The number of nitrogens with one attached hydrogen (secondary N) is 1. The first-order valence-corrected chi connectivity index (χ1v) is 7.39. The highest BCUT2D eigenvalue weighted by molar-refractivity contribution is 5.75. The van der Waals surface area contributed by atoms with Gasteiger partial charge in [0.2, 0.25) is 5.91 Å². The van der Waals surface area contributed by atoms with Crippen molar-refractivity contribution in [1.29, 1.82) is 0 Å². The van der Waals surface area contributed by atoms with Crippen LogP contribution in [0, 0.1) is 11.3 Å². The molecule has 1 rings (SSSR count). The van der Waals surface area contributed by atoms with Crippen molar-refractivity contribution in [2.75, 3.05) is 6.54 Å². The van der Waals surface area contributed by atoms with Gasteiger partial charge in [-0.05, 0) is 24.2 Å². The van der Waals surface area contributed by atoms with Gasteiger partial charge in [-0.25, -0.2) is 0 Å². The van der Waals surface area contributed by atoms with Crippen LogP contribution in [-0.2, 0) is 4.79 Å². The lowest BCUT2D eigenvalue weighted by Gasteiger charge is -2.23. The molecule has 0 radical (unpaired) electrons. The van der Waals surface area contributed by atoms with Crippen molar-refractivity contribution in [1.82, 2.24) is 5.32 Å². The highest BCUT2D eigenvalue weighted by Gasteiger charge is 2.18. The predicted octanol–water partition coefficient (Wildman–Crippen LogP) is 2.84. The SMILES string of the molecule is CC(C)(C)CC(N)CNC(=O)CCC1CCCC1. The van der Waals surface area contributed by atoms with Gasteiger partial charge in [0.15, 0.2) is 0 Å². The van der Waals surface area contributed by atoms with Crippen LogP contribution in [0.3, 0.4) is 0 Å². The minimum absolute atomic E-state index is 0.0698. The summed E-state index contributed by atoms with van der Waals surface area (Å²) >= 11 is 0. The molecule has 1 aliphatic carbocycles. The largest absolute Gasteiger partial charge is 0.355 e. The van der Waals surface area contributed by atoms with E-state index in [1.54, 1.807) is 0 Å². The Morgan fingerprint density at radius 2 is 1.94 bits per heavy atom. The van der Waals surface area contributed by atoms with Gasteiger partial charge in [0, 0.05) is 19.0 Å². The van der Waals surface area contributed by atoms with E-state index in [0.717, 1.165) is 18.8 Å². The van der Waals surface area contributed by atoms with Crippen LogP contribution in [0.2, 0.25) is 0 Å². The monoisotopic (exact) mass is 254 g/mol. The van der Waals surface area contributed by atoms with Crippen LogP contribution in [0.25, 0.3) is 0 Å². The topological polar surface area (TPSA) is 55.1 Å². The van der Waals surface area contributed by atoms with E-state index in [0.29, 0.717) is 13.0 Å². The Labute approximate surface area is 112 Å². The molecule has 0 aromatic heterocycles. The number of rotatable bonds is 6. The zero-order valence-electron chi connectivity index (χ0n) is 12.3. The second-order valence-corrected chi connectivity index (χ2v) is 7.02. The van der Waals surface area contributed by atoms with E-state index in [4.69, 9.17) is 5.73 Å². The number of amides is 1. The Hall–Kier alpha value is -0.570. The van der Waals surface area contributed by atoms with Gasteiger partial charge in [0.1, 0.15) is 0 Å². The lowest BCUT2D eigenvalue weighted by molar-refractivity contribution is -0.121. The average molecular weight is 254 g/mol. The normalized spacial score (nSPS) is 18.9. The average Bonchev–Trinajstić information content (AvgIpc) is 2.74. The Morgan fingerprint density at radius 3 is 2.50 bits per heavy atom. The molecule has 1 unspecified atom stereocenters. The first-order valence-electron chi connectivity index (χ1n) is 7.39. The van der Waals surface area contributed by atoms with E-state index >= 15 is 0 Å². The fourth-order valence-electron chi connectivity index (χ4n) is 2.83. The van der Waals surface area contributed by atoms with Crippen LogP contribution in [-0.4, -0.2) is 18.5 Å². The van der Waals surface area contributed by atoms with Crippen LogP contribution in [0.4, 0.5) is 0 Å². The maximum atomic E-state index is 11.7. The number of carbonyl (C=O) groups excluding carboxylic acids is 1. The highest BCUT2D eigenvalue weighted by atomic mass is 16.1. The molecule has 1 aliphatic rings. The van der Waals surface area contributed by atoms with Crippen LogP contribution < -0.4 is 11.1 Å². The summed E-state index contributed by atoms with van der Waals surface area (Å²) < 4.78 is 0. The molecule has 0 bridgehead atoms. The first kappa shape index (κ1) is 15.5. The van der Waals surface area contributed by atoms with Gasteiger partial charge in [-0.1, -0.05) is 46.5 Å². The second kappa shape index (κ2) is 7.13. The molecular weight excluding hydrogens is 224 g/mol. The van der Waals surface area contributed by atoms with E-state index in [1.807, 2.05) is 0 Å². The van der Waals surface area contributed by atoms with E-state index < -0.39 is 0 Å². The predicted molar refractivity (Wildman–Crippen MR) is 76.2 cm³/mol. The minimum Gasteiger partial charge on any atom is -0.355 e. The molecule has 0 aliphatic heterocycles. The van der Waals surface area contributed by atoms with E-state index in [2.05, 4.69) is 26.1 Å².